The number of hydrogen-bond donors (Lipinski definition) is 3. The summed E-state index contributed by atoms with van der Waals surface area (Å²) < 4.78 is 36.0. The largest absolute Gasteiger partial charge is 0.492 e. The van der Waals surface area contributed by atoms with Crippen LogP contribution in [-0.2, 0) is 14.8 Å². The molecule has 0 saturated heterocycles. The minimum atomic E-state index is -3.49. The molecule has 0 aliphatic carbocycles. The molecule has 0 bridgehead atoms. The summed E-state index contributed by atoms with van der Waals surface area (Å²) in [4.78, 5) is 12.5. The van der Waals surface area contributed by atoms with Crippen molar-refractivity contribution in [1.82, 2.24) is 5.32 Å². The lowest BCUT2D eigenvalue weighted by Gasteiger charge is -2.13. The predicted octanol–water partition coefficient (Wildman–Crippen LogP) is 2.74. The highest BCUT2D eigenvalue weighted by Crippen LogP contribution is 2.20. The molecular formula is C20H28ClN3O5S. The van der Waals surface area contributed by atoms with E-state index in [9.17, 15) is 13.2 Å². The van der Waals surface area contributed by atoms with Crippen LogP contribution < -0.4 is 20.1 Å². The van der Waals surface area contributed by atoms with E-state index in [-0.39, 0.29) is 29.7 Å². The van der Waals surface area contributed by atoms with Gasteiger partial charge in [0.05, 0.1) is 24.1 Å². The molecule has 0 aliphatic heterocycles. The minimum Gasteiger partial charge on any atom is -0.492 e. The van der Waals surface area contributed by atoms with Gasteiger partial charge in [-0.1, -0.05) is 12.1 Å². The summed E-state index contributed by atoms with van der Waals surface area (Å²) in [6.07, 6.45) is 1.04. The summed E-state index contributed by atoms with van der Waals surface area (Å²) in [6.45, 7) is 3.86. The molecule has 0 saturated carbocycles. The molecule has 3 N–H and O–H groups in total. The number of rotatable bonds is 11. The van der Waals surface area contributed by atoms with Crippen LogP contribution in [-0.4, -0.2) is 53.5 Å². The summed E-state index contributed by atoms with van der Waals surface area (Å²) in [5.74, 6) is 0.269. The zero-order valence-electron chi connectivity index (χ0n) is 17.2. The molecule has 2 aromatic carbocycles. The molecule has 30 heavy (non-hydrogen) atoms. The third kappa shape index (κ3) is 9.00. The molecule has 1 unspecified atom stereocenters. The van der Waals surface area contributed by atoms with E-state index in [0.29, 0.717) is 31.2 Å². The summed E-state index contributed by atoms with van der Waals surface area (Å²) in [5, 5.41) is 6.03. The first-order chi connectivity index (χ1) is 13.8. The second-order valence-electron chi connectivity index (χ2n) is 6.56. The lowest BCUT2D eigenvalue weighted by atomic mass is 10.1. The van der Waals surface area contributed by atoms with Crippen molar-refractivity contribution in [2.75, 3.05) is 43.2 Å². The van der Waals surface area contributed by atoms with Crippen LogP contribution in [0, 0.1) is 0 Å². The summed E-state index contributed by atoms with van der Waals surface area (Å²) in [5.41, 5.74) is 1.03. The number of sulfonamides is 1. The Morgan fingerprint density at radius 2 is 1.77 bits per heavy atom. The topological polar surface area (TPSA) is 106 Å². The van der Waals surface area contributed by atoms with Crippen molar-refractivity contribution >= 4 is 39.7 Å². The van der Waals surface area contributed by atoms with E-state index in [1.54, 1.807) is 49.6 Å². The van der Waals surface area contributed by atoms with E-state index in [4.69, 9.17) is 9.47 Å². The SMILES string of the molecule is COCC(C)NCCOc1ccc(NC(=O)c2ccccc2NS(C)(=O)=O)cc1.Cl. The number of halogens is 1. The van der Waals surface area contributed by atoms with Crippen LogP contribution >= 0.6 is 12.4 Å². The van der Waals surface area contributed by atoms with E-state index in [2.05, 4.69) is 15.4 Å². The van der Waals surface area contributed by atoms with Gasteiger partial charge >= 0.3 is 0 Å². The van der Waals surface area contributed by atoms with Crippen molar-refractivity contribution < 1.29 is 22.7 Å². The van der Waals surface area contributed by atoms with Gasteiger partial charge in [-0.2, -0.15) is 0 Å². The second-order valence-corrected chi connectivity index (χ2v) is 8.31. The highest BCUT2D eigenvalue weighted by atomic mass is 35.5. The standard InChI is InChI=1S/C20H27N3O5S.ClH/c1-15(14-27-2)21-12-13-28-17-10-8-16(9-11-17)22-20(24)18-6-4-5-7-19(18)23-29(3,25)26;/h4-11,15,21,23H,12-14H2,1-3H3,(H,22,24);1H. The molecule has 2 rings (SSSR count). The number of methoxy groups -OCH3 is 1. The maximum absolute atomic E-state index is 12.5. The maximum Gasteiger partial charge on any atom is 0.257 e. The van der Waals surface area contributed by atoms with Gasteiger partial charge in [0.25, 0.3) is 5.91 Å². The van der Waals surface area contributed by atoms with Crippen molar-refractivity contribution in [3.63, 3.8) is 0 Å². The number of anilines is 2. The maximum atomic E-state index is 12.5. The van der Waals surface area contributed by atoms with E-state index in [0.717, 1.165) is 6.26 Å². The normalized spacial score (nSPS) is 11.8. The Labute approximate surface area is 183 Å². The van der Waals surface area contributed by atoms with Gasteiger partial charge in [0.1, 0.15) is 12.4 Å². The highest BCUT2D eigenvalue weighted by molar-refractivity contribution is 7.92. The van der Waals surface area contributed by atoms with Crippen LogP contribution in [0.4, 0.5) is 11.4 Å². The quantitative estimate of drug-likeness (QED) is 0.448. The van der Waals surface area contributed by atoms with E-state index in [1.807, 2.05) is 6.92 Å². The van der Waals surface area contributed by atoms with E-state index < -0.39 is 15.9 Å². The Morgan fingerprint density at radius 1 is 1.10 bits per heavy atom. The Hall–Kier alpha value is -2.33. The number of hydrogen-bond acceptors (Lipinski definition) is 6. The molecule has 1 atom stereocenters. The van der Waals surface area contributed by atoms with E-state index in [1.165, 1.54) is 6.07 Å². The third-order valence-corrected chi connectivity index (χ3v) is 4.45. The molecular weight excluding hydrogens is 430 g/mol. The molecule has 1 amide bonds. The number of para-hydroxylation sites is 1. The first kappa shape index (κ1) is 25.7. The smallest absolute Gasteiger partial charge is 0.257 e. The summed E-state index contributed by atoms with van der Waals surface area (Å²) >= 11 is 0. The van der Waals surface area contributed by atoms with Crippen LogP contribution in [0.3, 0.4) is 0 Å². The van der Waals surface area contributed by atoms with Crippen LogP contribution in [0.15, 0.2) is 48.5 Å². The van der Waals surface area contributed by atoms with Gasteiger partial charge in [-0.3, -0.25) is 9.52 Å². The Balaban J connectivity index is 0.00000450. The third-order valence-electron chi connectivity index (χ3n) is 3.86. The Kier molecular flexibility index (Phi) is 10.6. The predicted molar refractivity (Wildman–Crippen MR) is 121 cm³/mol. The van der Waals surface area contributed by atoms with Crippen molar-refractivity contribution in [2.45, 2.75) is 13.0 Å². The monoisotopic (exact) mass is 457 g/mol. The van der Waals surface area contributed by atoms with Crippen LogP contribution in [0.2, 0.25) is 0 Å². The van der Waals surface area contributed by atoms with Crippen molar-refractivity contribution in [3.8, 4) is 5.75 Å². The second kappa shape index (κ2) is 12.4. The van der Waals surface area contributed by atoms with Crippen LogP contribution in [0.5, 0.6) is 5.75 Å². The Bertz CT molecular complexity index is 907. The lowest BCUT2D eigenvalue weighted by Crippen LogP contribution is -2.33. The summed E-state index contributed by atoms with van der Waals surface area (Å²) in [6, 6.07) is 13.6. The van der Waals surface area contributed by atoms with Crippen molar-refractivity contribution in [1.29, 1.82) is 0 Å². The lowest BCUT2D eigenvalue weighted by molar-refractivity contribution is 0.102. The number of benzene rings is 2. The number of carbonyl (C=O) groups excluding carboxylic acids is 1. The Morgan fingerprint density at radius 3 is 2.40 bits per heavy atom. The van der Waals surface area contributed by atoms with Gasteiger partial charge in [0.2, 0.25) is 10.0 Å². The summed E-state index contributed by atoms with van der Waals surface area (Å²) in [7, 11) is -1.83. The molecule has 2 aromatic rings. The van der Waals surface area contributed by atoms with Crippen LogP contribution in [0.25, 0.3) is 0 Å². The first-order valence-corrected chi connectivity index (χ1v) is 11.0. The van der Waals surface area contributed by atoms with Gasteiger partial charge in [0, 0.05) is 25.4 Å². The fraction of sp³-hybridized carbons (Fsp3) is 0.350. The fourth-order valence-electron chi connectivity index (χ4n) is 2.59. The van der Waals surface area contributed by atoms with Crippen LogP contribution in [0.1, 0.15) is 17.3 Å². The molecule has 0 spiro atoms. The van der Waals surface area contributed by atoms with Gasteiger partial charge < -0.3 is 20.1 Å². The van der Waals surface area contributed by atoms with Gasteiger partial charge in [-0.15, -0.1) is 12.4 Å². The molecule has 0 heterocycles. The van der Waals surface area contributed by atoms with Crippen molar-refractivity contribution in [2.24, 2.45) is 0 Å². The number of ether oxygens (including phenoxy) is 2. The molecule has 10 heteroatoms. The molecule has 0 aromatic heterocycles. The molecule has 166 valence electrons. The average Bonchev–Trinajstić information content (AvgIpc) is 2.66. The average molecular weight is 458 g/mol. The number of amides is 1. The molecule has 0 fully saturated rings. The first-order valence-electron chi connectivity index (χ1n) is 9.12. The van der Waals surface area contributed by atoms with Gasteiger partial charge in [-0.05, 0) is 43.3 Å². The van der Waals surface area contributed by atoms with Gasteiger partial charge in [0.15, 0.2) is 0 Å². The van der Waals surface area contributed by atoms with Crippen molar-refractivity contribution in [3.05, 3.63) is 54.1 Å². The van der Waals surface area contributed by atoms with Gasteiger partial charge in [-0.25, -0.2) is 8.42 Å². The minimum absolute atomic E-state index is 0. The fourth-order valence-corrected chi connectivity index (χ4v) is 3.16. The zero-order chi connectivity index (χ0) is 21.3. The molecule has 8 nitrogen and oxygen atoms in total. The number of nitrogens with one attached hydrogen (secondary N) is 3. The van der Waals surface area contributed by atoms with E-state index >= 15 is 0 Å². The molecule has 0 radical (unpaired) electrons. The zero-order valence-corrected chi connectivity index (χ0v) is 18.8. The number of carbonyl (C=O) groups is 1. The molecule has 0 aliphatic rings. The highest BCUT2D eigenvalue weighted by Gasteiger charge is 2.14.